The molecule has 2 unspecified atom stereocenters. The van der Waals surface area contributed by atoms with E-state index in [-0.39, 0.29) is 18.0 Å². The van der Waals surface area contributed by atoms with Crippen molar-refractivity contribution in [2.45, 2.75) is 19.4 Å². The van der Waals surface area contributed by atoms with Crippen LogP contribution in [-0.2, 0) is 0 Å². The standard InChI is InChI=1S/C13H15F2NO2/c1-8-2-3-16(7-12(8)17)13(18)9-4-10(14)6-11(15)5-9/h4-6,8,12,17H,2-3,7H2,1H3. The number of aliphatic hydroxyl groups is 1. The maximum atomic E-state index is 13.0. The van der Waals surface area contributed by atoms with Crippen LogP contribution in [0.25, 0.3) is 0 Å². The maximum absolute atomic E-state index is 13.0. The molecular formula is C13H15F2NO2. The largest absolute Gasteiger partial charge is 0.391 e. The molecule has 2 rings (SSSR count). The van der Waals surface area contributed by atoms with E-state index >= 15 is 0 Å². The molecule has 5 heteroatoms. The average Bonchev–Trinajstić information content (AvgIpc) is 2.30. The number of piperidine rings is 1. The molecule has 1 saturated heterocycles. The van der Waals surface area contributed by atoms with E-state index in [0.29, 0.717) is 13.0 Å². The van der Waals surface area contributed by atoms with Gasteiger partial charge in [-0.2, -0.15) is 0 Å². The van der Waals surface area contributed by atoms with Crippen molar-refractivity contribution >= 4 is 5.91 Å². The first-order chi connectivity index (χ1) is 8.47. The van der Waals surface area contributed by atoms with Crippen molar-refractivity contribution in [2.75, 3.05) is 13.1 Å². The molecule has 1 amide bonds. The van der Waals surface area contributed by atoms with Gasteiger partial charge in [-0.3, -0.25) is 4.79 Å². The Balaban J connectivity index is 2.16. The molecule has 0 radical (unpaired) electrons. The molecule has 1 aliphatic rings. The number of rotatable bonds is 1. The van der Waals surface area contributed by atoms with Crippen LogP contribution in [0.4, 0.5) is 8.78 Å². The van der Waals surface area contributed by atoms with E-state index in [0.717, 1.165) is 18.2 Å². The van der Waals surface area contributed by atoms with Gasteiger partial charge in [0.25, 0.3) is 5.91 Å². The minimum Gasteiger partial charge on any atom is -0.391 e. The first-order valence-corrected chi connectivity index (χ1v) is 5.91. The van der Waals surface area contributed by atoms with E-state index in [1.54, 1.807) is 0 Å². The van der Waals surface area contributed by atoms with Crippen molar-refractivity contribution in [1.29, 1.82) is 0 Å². The molecule has 0 aliphatic carbocycles. The van der Waals surface area contributed by atoms with Gasteiger partial charge in [-0.25, -0.2) is 8.78 Å². The number of halogens is 2. The number of likely N-dealkylation sites (tertiary alicyclic amines) is 1. The molecular weight excluding hydrogens is 240 g/mol. The summed E-state index contributed by atoms with van der Waals surface area (Å²) in [6.07, 6.45) is 0.103. The SMILES string of the molecule is CC1CCN(C(=O)c2cc(F)cc(F)c2)CC1O. The van der Waals surface area contributed by atoms with Gasteiger partial charge in [0, 0.05) is 24.7 Å². The highest BCUT2D eigenvalue weighted by molar-refractivity contribution is 5.94. The summed E-state index contributed by atoms with van der Waals surface area (Å²) in [6, 6.07) is 2.75. The molecule has 0 spiro atoms. The van der Waals surface area contributed by atoms with Gasteiger partial charge >= 0.3 is 0 Å². The second-order valence-corrected chi connectivity index (χ2v) is 4.74. The number of β-amino-alcohol motifs (C(OH)–C–C–N with tert-alkyl or cyclic N) is 1. The van der Waals surface area contributed by atoms with Crippen LogP contribution in [0.2, 0.25) is 0 Å². The molecule has 18 heavy (non-hydrogen) atoms. The molecule has 1 aromatic rings. The number of benzene rings is 1. The zero-order valence-electron chi connectivity index (χ0n) is 10.1. The zero-order valence-corrected chi connectivity index (χ0v) is 10.1. The van der Waals surface area contributed by atoms with Gasteiger partial charge in [-0.1, -0.05) is 6.92 Å². The Kier molecular flexibility index (Phi) is 3.61. The van der Waals surface area contributed by atoms with Crippen molar-refractivity contribution in [3.8, 4) is 0 Å². The first kappa shape index (κ1) is 13.0. The zero-order chi connectivity index (χ0) is 13.3. The number of amides is 1. The molecule has 3 nitrogen and oxygen atoms in total. The van der Waals surface area contributed by atoms with Crippen LogP contribution in [0.1, 0.15) is 23.7 Å². The molecule has 1 N–H and O–H groups in total. The van der Waals surface area contributed by atoms with E-state index < -0.39 is 23.6 Å². The quantitative estimate of drug-likeness (QED) is 0.831. The van der Waals surface area contributed by atoms with E-state index in [1.165, 1.54) is 4.90 Å². The molecule has 1 aromatic carbocycles. The topological polar surface area (TPSA) is 40.5 Å². The summed E-state index contributed by atoms with van der Waals surface area (Å²) in [6.45, 7) is 2.61. The highest BCUT2D eigenvalue weighted by Gasteiger charge is 2.28. The van der Waals surface area contributed by atoms with Crippen LogP contribution in [0.5, 0.6) is 0 Å². The molecule has 1 heterocycles. The summed E-state index contributed by atoms with van der Waals surface area (Å²) in [5, 5.41) is 9.71. The summed E-state index contributed by atoms with van der Waals surface area (Å²) >= 11 is 0. The average molecular weight is 255 g/mol. The number of hydrogen-bond acceptors (Lipinski definition) is 2. The Hall–Kier alpha value is -1.49. The van der Waals surface area contributed by atoms with E-state index in [2.05, 4.69) is 0 Å². The normalized spacial score (nSPS) is 24.1. The lowest BCUT2D eigenvalue weighted by Crippen LogP contribution is -2.45. The van der Waals surface area contributed by atoms with Crippen molar-refractivity contribution < 1.29 is 18.7 Å². The lowest BCUT2D eigenvalue weighted by Gasteiger charge is -2.34. The third-order valence-corrected chi connectivity index (χ3v) is 3.32. The van der Waals surface area contributed by atoms with E-state index in [4.69, 9.17) is 0 Å². The number of carbonyl (C=O) groups excluding carboxylic acids is 1. The Morgan fingerprint density at radius 3 is 2.50 bits per heavy atom. The lowest BCUT2D eigenvalue weighted by atomic mass is 9.95. The van der Waals surface area contributed by atoms with Crippen LogP contribution in [0.15, 0.2) is 18.2 Å². The summed E-state index contributed by atoms with van der Waals surface area (Å²) in [5.41, 5.74) is -0.0192. The molecule has 1 aliphatic heterocycles. The minimum absolute atomic E-state index is 0.0192. The molecule has 0 saturated carbocycles. The van der Waals surface area contributed by atoms with Crippen molar-refractivity contribution in [2.24, 2.45) is 5.92 Å². The molecule has 0 aromatic heterocycles. The second-order valence-electron chi connectivity index (χ2n) is 4.74. The number of nitrogens with zero attached hydrogens (tertiary/aromatic N) is 1. The van der Waals surface area contributed by atoms with Gasteiger partial charge < -0.3 is 10.0 Å². The maximum Gasteiger partial charge on any atom is 0.254 e. The van der Waals surface area contributed by atoms with Crippen molar-refractivity contribution in [3.63, 3.8) is 0 Å². The molecule has 1 fully saturated rings. The third kappa shape index (κ3) is 2.67. The Labute approximate surface area is 104 Å². The number of carbonyl (C=O) groups is 1. The Bertz CT molecular complexity index is 444. The summed E-state index contributed by atoms with van der Waals surface area (Å²) in [5.74, 6) is -1.86. The Morgan fingerprint density at radius 1 is 1.33 bits per heavy atom. The van der Waals surface area contributed by atoms with Gasteiger partial charge in [0.2, 0.25) is 0 Å². The van der Waals surface area contributed by atoms with E-state index in [9.17, 15) is 18.7 Å². The highest BCUT2D eigenvalue weighted by Crippen LogP contribution is 2.19. The number of hydrogen-bond donors (Lipinski definition) is 1. The van der Waals surface area contributed by atoms with Gasteiger partial charge in [0.15, 0.2) is 0 Å². The van der Waals surface area contributed by atoms with Gasteiger partial charge in [0.1, 0.15) is 11.6 Å². The second kappa shape index (κ2) is 5.02. The monoisotopic (exact) mass is 255 g/mol. The van der Waals surface area contributed by atoms with Crippen LogP contribution < -0.4 is 0 Å². The van der Waals surface area contributed by atoms with E-state index in [1.807, 2.05) is 6.92 Å². The fourth-order valence-electron chi connectivity index (χ4n) is 2.09. The van der Waals surface area contributed by atoms with Crippen LogP contribution in [0, 0.1) is 17.6 Å². The van der Waals surface area contributed by atoms with Crippen LogP contribution in [0.3, 0.4) is 0 Å². The number of aliphatic hydroxyl groups excluding tert-OH is 1. The van der Waals surface area contributed by atoms with Crippen molar-refractivity contribution in [3.05, 3.63) is 35.4 Å². The minimum atomic E-state index is -0.774. The van der Waals surface area contributed by atoms with Crippen molar-refractivity contribution in [1.82, 2.24) is 4.90 Å². The smallest absolute Gasteiger partial charge is 0.254 e. The van der Waals surface area contributed by atoms with Gasteiger partial charge in [-0.05, 0) is 24.5 Å². The predicted octanol–water partition coefficient (Wildman–Crippen LogP) is 1.81. The predicted molar refractivity (Wildman–Crippen MR) is 62.0 cm³/mol. The molecule has 2 atom stereocenters. The summed E-state index contributed by atoms with van der Waals surface area (Å²) < 4.78 is 26.1. The molecule has 0 bridgehead atoms. The molecule has 98 valence electrons. The summed E-state index contributed by atoms with van der Waals surface area (Å²) in [4.78, 5) is 13.5. The van der Waals surface area contributed by atoms with Gasteiger partial charge in [-0.15, -0.1) is 0 Å². The first-order valence-electron chi connectivity index (χ1n) is 5.91. The van der Waals surface area contributed by atoms with Gasteiger partial charge in [0.05, 0.1) is 6.10 Å². The fourth-order valence-corrected chi connectivity index (χ4v) is 2.09. The summed E-state index contributed by atoms with van der Waals surface area (Å²) in [7, 11) is 0. The fraction of sp³-hybridized carbons (Fsp3) is 0.462. The van der Waals surface area contributed by atoms with Crippen LogP contribution in [-0.4, -0.2) is 35.1 Å². The van der Waals surface area contributed by atoms with Crippen LogP contribution >= 0.6 is 0 Å². The Morgan fingerprint density at radius 2 is 1.94 bits per heavy atom. The third-order valence-electron chi connectivity index (χ3n) is 3.32. The lowest BCUT2D eigenvalue weighted by molar-refractivity contribution is 0.0248. The highest BCUT2D eigenvalue weighted by atomic mass is 19.1.